The lowest BCUT2D eigenvalue weighted by molar-refractivity contribution is -0.0505. The lowest BCUT2D eigenvalue weighted by atomic mass is 10.0. The van der Waals surface area contributed by atoms with Crippen LogP contribution in [0.4, 0.5) is 8.78 Å². The van der Waals surface area contributed by atoms with Gasteiger partial charge in [0.1, 0.15) is 5.75 Å². The lowest BCUT2D eigenvalue weighted by Gasteiger charge is -2.17. The third-order valence-corrected chi connectivity index (χ3v) is 2.84. The van der Waals surface area contributed by atoms with Crippen molar-refractivity contribution in [2.75, 3.05) is 0 Å². The first-order valence-electron chi connectivity index (χ1n) is 5.94. The van der Waals surface area contributed by atoms with Gasteiger partial charge in [0.05, 0.1) is 11.7 Å². The van der Waals surface area contributed by atoms with Crippen molar-refractivity contribution in [3.8, 4) is 5.75 Å². The summed E-state index contributed by atoms with van der Waals surface area (Å²) in [5.74, 6) is 0.0915. The number of rotatable bonds is 5. The standard InChI is InChI=1S/C13H15F2N3O/c1-2-18-10(7-8-17-18)12(16)9-5-3-4-6-11(9)19-13(14)15/h3-8,12-13H,2,16H2,1H3. The normalized spacial score (nSPS) is 12.7. The van der Waals surface area contributed by atoms with Gasteiger partial charge in [-0.2, -0.15) is 13.9 Å². The third kappa shape index (κ3) is 2.90. The Morgan fingerprint density at radius 2 is 2.05 bits per heavy atom. The Balaban J connectivity index is 2.36. The Hall–Kier alpha value is -1.95. The molecule has 1 aromatic carbocycles. The fourth-order valence-electron chi connectivity index (χ4n) is 1.97. The van der Waals surface area contributed by atoms with Gasteiger partial charge in [-0.1, -0.05) is 18.2 Å². The molecule has 6 heteroatoms. The van der Waals surface area contributed by atoms with E-state index < -0.39 is 12.7 Å². The molecule has 0 aliphatic carbocycles. The zero-order chi connectivity index (χ0) is 13.8. The molecule has 0 spiro atoms. The molecule has 0 fully saturated rings. The quantitative estimate of drug-likeness (QED) is 0.905. The van der Waals surface area contributed by atoms with Crippen LogP contribution in [0.2, 0.25) is 0 Å². The molecule has 1 unspecified atom stereocenters. The minimum Gasteiger partial charge on any atom is -0.434 e. The molecule has 2 aromatic rings. The predicted octanol–water partition coefficient (Wildman–Crippen LogP) is 2.55. The van der Waals surface area contributed by atoms with Gasteiger partial charge >= 0.3 is 6.61 Å². The smallest absolute Gasteiger partial charge is 0.387 e. The second kappa shape index (κ2) is 5.79. The molecule has 2 rings (SSSR count). The van der Waals surface area contributed by atoms with Gasteiger partial charge in [-0.25, -0.2) is 0 Å². The largest absolute Gasteiger partial charge is 0.434 e. The van der Waals surface area contributed by atoms with Crippen LogP contribution in [0.5, 0.6) is 5.75 Å². The van der Waals surface area contributed by atoms with Crippen LogP contribution in [-0.2, 0) is 6.54 Å². The van der Waals surface area contributed by atoms with E-state index in [4.69, 9.17) is 5.73 Å². The van der Waals surface area contributed by atoms with Crippen LogP contribution in [-0.4, -0.2) is 16.4 Å². The maximum absolute atomic E-state index is 12.4. The average Bonchev–Trinajstić information content (AvgIpc) is 2.86. The number of hydrogen-bond donors (Lipinski definition) is 1. The Morgan fingerprint density at radius 3 is 2.74 bits per heavy atom. The molecule has 1 atom stereocenters. The van der Waals surface area contributed by atoms with E-state index in [1.807, 2.05) is 6.92 Å². The maximum Gasteiger partial charge on any atom is 0.387 e. The third-order valence-electron chi connectivity index (χ3n) is 2.84. The number of aryl methyl sites for hydroxylation is 1. The van der Waals surface area contributed by atoms with E-state index in [0.29, 0.717) is 12.1 Å². The van der Waals surface area contributed by atoms with Crippen molar-refractivity contribution in [2.24, 2.45) is 5.73 Å². The molecule has 4 nitrogen and oxygen atoms in total. The molecular formula is C13H15F2N3O. The molecule has 0 radical (unpaired) electrons. The maximum atomic E-state index is 12.4. The van der Waals surface area contributed by atoms with Gasteiger partial charge in [0, 0.05) is 18.3 Å². The van der Waals surface area contributed by atoms with E-state index in [2.05, 4.69) is 9.84 Å². The Labute approximate surface area is 109 Å². The minimum absolute atomic E-state index is 0.0915. The van der Waals surface area contributed by atoms with Crippen LogP contribution >= 0.6 is 0 Å². The first kappa shape index (κ1) is 13.5. The van der Waals surface area contributed by atoms with E-state index in [0.717, 1.165) is 5.69 Å². The Bertz CT molecular complexity index is 542. The topological polar surface area (TPSA) is 53.1 Å². The summed E-state index contributed by atoms with van der Waals surface area (Å²) in [4.78, 5) is 0. The van der Waals surface area contributed by atoms with E-state index in [-0.39, 0.29) is 5.75 Å². The highest BCUT2D eigenvalue weighted by Crippen LogP contribution is 2.29. The number of para-hydroxylation sites is 1. The lowest BCUT2D eigenvalue weighted by Crippen LogP contribution is -2.18. The molecule has 1 aromatic heterocycles. The average molecular weight is 267 g/mol. The number of nitrogens with two attached hydrogens (primary N) is 1. The number of ether oxygens (including phenoxy) is 1. The molecule has 0 saturated heterocycles. The number of benzene rings is 1. The van der Waals surface area contributed by atoms with Crippen molar-refractivity contribution in [1.82, 2.24) is 9.78 Å². The van der Waals surface area contributed by atoms with Gasteiger partial charge in [-0.3, -0.25) is 4.68 Å². The minimum atomic E-state index is -2.87. The van der Waals surface area contributed by atoms with Crippen molar-refractivity contribution in [1.29, 1.82) is 0 Å². The first-order chi connectivity index (χ1) is 9.13. The summed E-state index contributed by atoms with van der Waals surface area (Å²) in [7, 11) is 0. The SMILES string of the molecule is CCn1nccc1C(N)c1ccccc1OC(F)F. The number of alkyl halides is 2. The van der Waals surface area contributed by atoms with Crippen LogP contribution in [0.1, 0.15) is 24.2 Å². The highest BCUT2D eigenvalue weighted by molar-refractivity contribution is 5.39. The number of hydrogen-bond acceptors (Lipinski definition) is 3. The highest BCUT2D eigenvalue weighted by Gasteiger charge is 2.19. The van der Waals surface area contributed by atoms with Gasteiger partial charge in [-0.15, -0.1) is 0 Å². The summed E-state index contributed by atoms with van der Waals surface area (Å²) in [5.41, 5.74) is 7.40. The van der Waals surface area contributed by atoms with Gasteiger partial charge < -0.3 is 10.5 Å². The van der Waals surface area contributed by atoms with Crippen LogP contribution in [0, 0.1) is 0 Å². The fraction of sp³-hybridized carbons (Fsp3) is 0.308. The molecule has 0 aliphatic rings. The summed E-state index contributed by atoms with van der Waals surface area (Å²) in [5, 5.41) is 4.12. The van der Waals surface area contributed by atoms with Crippen molar-refractivity contribution < 1.29 is 13.5 Å². The molecule has 0 bridgehead atoms. The second-order valence-corrected chi connectivity index (χ2v) is 3.97. The van der Waals surface area contributed by atoms with Gasteiger partial charge in [0.15, 0.2) is 0 Å². The van der Waals surface area contributed by atoms with Crippen molar-refractivity contribution in [3.63, 3.8) is 0 Å². The molecule has 1 heterocycles. The highest BCUT2D eigenvalue weighted by atomic mass is 19.3. The molecule has 2 N–H and O–H groups in total. The van der Waals surface area contributed by atoms with E-state index in [9.17, 15) is 8.78 Å². The van der Waals surface area contributed by atoms with E-state index in [1.54, 1.807) is 35.1 Å². The molecule has 0 aliphatic heterocycles. The molecule has 0 saturated carbocycles. The number of halogens is 2. The summed E-state index contributed by atoms with van der Waals surface area (Å²) in [6.07, 6.45) is 1.63. The number of aromatic nitrogens is 2. The van der Waals surface area contributed by atoms with E-state index in [1.165, 1.54) is 6.07 Å². The van der Waals surface area contributed by atoms with Gasteiger partial charge in [0.25, 0.3) is 0 Å². The second-order valence-electron chi connectivity index (χ2n) is 3.97. The zero-order valence-corrected chi connectivity index (χ0v) is 10.5. The van der Waals surface area contributed by atoms with Crippen LogP contribution in [0.25, 0.3) is 0 Å². The van der Waals surface area contributed by atoms with Crippen molar-refractivity contribution in [2.45, 2.75) is 26.1 Å². The summed E-state index contributed by atoms with van der Waals surface area (Å²) in [6.45, 7) is -0.275. The van der Waals surface area contributed by atoms with E-state index >= 15 is 0 Å². The van der Waals surface area contributed by atoms with Crippen molar-refractivity contribution in [3.05, 3.63) is 47.8 Å². The summed E-state index contributed by atoms with van der Waals surface area (Å²) >= 11 is 0. The summed E-state index contributed by atoms with van der Waals surface area (Å²) in [6, 6.07) is 7.74. The summed E-state index contributed by atoms with van der Waals surface area (Å²) < 4.78 is 31.0. The fourth-order valence-corrected chi connectivity index (χ4v) is 1.97. The molecular weight excluding hydrogens is 252 g/mol. The monoisotopic (exact) mass is 267 g/mol. The predicted molar refractivity (Wildman–Crippen MR) is 67.0 cm³/mol. The van der Waals surface area contributed by atoms with Crippen molar-refractivity contribution >= 4 is 0 Å². The Morgan fingerprint density at radius 1 is 1.32 bits per heavy atom. The number of nitrogens with zero attached hydrogens (tertiary/aromatic N) is 2. The Kier molecular flexibility index (Phi) is 4.11. The van der Waals surface area contributed by atoms with Crippen LogP contribution in [0.15, 0.2) is 36.5 Å². The van der Waals surface area contributed by atoms with Gasteiger partial charge in [0.2, 0.25) is 0 Å². The first-order valence-corrected chi connectivity index (χ1v) is 5.94. The van der Waals surface area contributed by atoms with Crippen LogP contribution in [0.3, 0.4) is 0 Å². The molecule has 102 valence electrons. The van der Waals surface area contributed by atoms with Crippen LogP contribution < -0.4 is 10.5 Å². The zero-order valence-electron chi connectivity index (χ0n) is 10.5. The van der Waals surface area contributed by atoms with Gasteiger partial charge in [-0.05, 0) is 19.1 Å². The molecule has 19 heavy (non-hydrogen) atoms. The molecule has 0 amide bonds.